The van der Waals surface area contributed by atoms with Gasteiger partial charge < -0.3 is 25.4 Å². The van der Waals surface area contributed by atoms with Gasteiger partial charge in [0.25, 0.3) is 5.91 Å². The predicted octanol–water partition coefficient (Wildman–Crippen LogP) is 3.80. The first-order valence-corrected chi connectivity index (χ1v) is 9.55. The highest BCUT2D eigenvalue weighted by Gasteiger charge is 2.16. The van der Waals surface area contributed by atoms with Gasteiger partial charge >= 0.3 is 6.03 Å². The molecule has 0 bridgehead atoms. The Balaban J connectivity index is 1.47. The summed E-state index contributed by atoms with van der Waals surface area (Å²) in [4.78, 5) is 24.3. The summed E-state index contributed by atoms with van der Waals surface area (Å²) in [5.41, 5.74) is 1.79. The first-order chi connectivity index (χ1) is 14.1. The zero-order valence-corrected chi connectivity index (χ0v) is 16.1. The number of carbonyl (C=O) groups excluding carboxylic acids is 2. The van der Waals surface area contributed by atoms with Crippen molar-refractivity contribution in [2.45, 2.75) is 18.9 Å². The first-order valence-electron chi connectivity index (χ1n) is 9.55. The van der Waals surface area contributed by atoms with Gasteiger partial charge in [0.2, 0.25) is 0 Å². The molecule has 7 heteroatoms. The summed E-state index contributed by atoms with van der Waals surface area (Å²) < 4.78 is 10.9. The lowest BCUT2D eigenvalue weighted by Crippen LogP contribution is -2.35. The fourth-order valence-corrected chi connectivity index (χ4v) is 2.88. The Labute approximate surface area is 170 Å². The van der Waals surface area contributed by atoms with Gasteiger partial charge in [0, 0.05) is 30.1 Å². The first kappa shape index (κ1) is 20.4. The Morgan fingerprint density at radius 1 is 1.07 bits per heavy atom. The molecule has 1 heterocycles. The number of amides is 3. The molecule has 3 amide bonds. The molecule has 3 N–H and O–H groups in total. The van der Waals surface area contributed by atoms with Gasteiger partial charge in [-0.05, 0) is 61.4 Å². The lowest BCUT2D eigenvalue weighted by molar-refractivity contribution is 0.102. The van der Waals surface area contributed by atoms with Crippen molar-refractivity contribution in [3.8, 4) is 5.75 Å². The maximum atomic E-state index is 12.4. The Hall–Kier alpha value is -3.32. The van der Waals surface area contributed by atoms with Crippen LogP contribution in [0.2, 0.25) is 0 Å². The van der Waals surface area contributed by atoms with E-state index in [0.717, 1.165) is 19.4 Å². The van der Waals surface area contributed by atoms with Crippen molar-refractivity contribution in [3.63, 3.8) is 0 Å². The molecule has 1 unspecified atom stereocenters. The van der Waals surface area contributed by atoms with Gasteiger partial charge in [-0.15, -0.1) is 0 Å². The zero-order chi connectivity index (χ0) is 20.5. The summed E-state index contributed by atoms with van der Waals surface area (Å²) in [6, 6.07) is 13.5. The van der Waals surface area contributed by atoms with Crippen LogP contribution in [-0.4, -0.2) is 37.8 Å². The summed E-state index contributed by atoms with van der Waals surface area (Å²) in [6.45, 7) is 5.27. The standard InChI is InChI=1S/C22H25N3O4/c1-2-13-28-19-11-5-16(6-12-19)21(26)24-17-7-9-18(10-8-17)25-22(27)23-15-20-4-3-14-29-20/h2,5-12,20H,1,3-4,13-15H2,(H,24,26)(H2,23,25,27). The summed E-state index contributed by atoms with van der Waals surface area (Å²) in [6.07, 6.45) is 3.77. The highest BCUT2D eigenvalue weighted by atomic mass is 16.5. The second-order valence-corrected chi connectivity index (χ2v) is 6.63. The molecule has 0 radical (unpaired) electrons. The normalized spacial score (nSPS) is 15.4. The van der Waals surface area contributed by atoms with Crippen LogP contribution in [0.15, 0.2) is 61.2 Å². The molecular formula is C22H25N3O4. The molecule has 1 saturated heterocycles. The lowest BCUT2D eigenvalue weighted by Gasteiger charge is -2.12. The molecule has 0 spiro atoms. The molecule has 1 aliphatic rings. The van der Waals surface area contributed by atoms with Crippen molar-refractivity contribution >= 4 is 23.3 Å². The van der Waals surface area contributed by atoms with Gasteiger partial charge in [-0.3, -0.25) is 4.79 Å². The number of benzene rings is 2. The minimum Gasteiger partial charge on any atom is -0.490 e. The molecule has 0 aliphatic carbocycles. The number of rotatable bonds is 8. The number of ether oxygens (including phenoxy) is 2. The second-order valence-electron chi connectivity index (χ2n) is 6.63. The van der Waals surface area contributed by atoms with E-state index in [1.165, 1.54) is 0 Å². The van der Waals surface area contributed by atoms with Gasteiger partial charge in [-0.1, -0.05) is 12.7 Å². The molecule has 7 nitrogen and oxygen atoms in total. The smallest absolute Gasteiger partial charge is 0.319 e. The van der Waals surface area contributed by atoms with Crippen molar-refractivity contribution in [3.05, 3.63) is 66.7 Å². The second kappa shape index (κ2) is 10.3. The van der Waals surface area contributed by atoms with E-state index >= 15 is 0 Å². The number of hydrogen-bond acceptors (Lipinski definition) is 4. The van der Waals surface area contributed by atoms with Crippen LogP contribution in [0.1, 0.15) is 23.2 Å². The van der Waals surface area contributed by atoms with Crippen LogP contribution >= 0.6 is 0 Å². The third-order valence-electron chi connectivity index (χ3n) is 4.40. The number of anilines is 2. The molecule has 29 heavy (non-hydrogen) atoms. The molecule has 152 valence electrons. The molecule has 0 aromatic heterocycles. The van der Waals surface area contributed by atoms with Gasteiger partial charge in [-0.2, -0.15) is 0 Å². The van der Waals surface area contributed by atoms with Crippen molar-refractivity contribution in [1.82, 2.24) is 5.32 Å². The van der Waals surface area contributed by atoms with E-state index in [1.807, 2.05) is 0 Å². The van der Waals surface area contributed by atoms with Gasteiger partial charge in [0.05, 0.1) is 6.10 Å². The molecule has 1 atom stereocenters. The van der Waals surface area contributed by atoms with E-state index in [2.05, 4.69) is 22.5 Å². The number of nitrogens with one attached hydrogen (secondary N) is 3. The fourth-order valence-electron chi connectivity index (χ4n) is 2.88. The molecule has 1 aliphatic heterocycles. The maximum Gasteiger partial charge on any atom is 0.319 e. The van der Waals surface area contributed by atoms with Gasteiger partial charge in [0.15, 0.2) is 0 Å². The Morgan fingerprint density at radius 2 is 1.76 bits per heavy atom. The van der Waals surface area contributed by atoms with Crippen LogP contribution in [0.3, 0.4) is 0 Å². The monoisotopic (exact) mass is 395 g/mol. The average molecular weight is 395 g/mol. The van der Waals surface area contributed by atoms with E-state index in [9.17, 15) is 9.59 Å². The van der Waals surface area contributed by atoms with Crippen molar-refractivity contribution in [1.29, 1.82) is 0 Å². The number of urea groups is 1. The Kier molecular flexibility index (Phi) is 7.24. The van der Waals surface area contributed by atoms with E-state index in [-0.39, 0.29) is 18.0 Å². The quantitative estimate of drug-likeness (QED) is 0.593. The Morgan fingerprint density at radius 3 is 2.38 bits per heavy atom. The van der Waals surface area contributed by atoms with E-state index in [1.54, 1.807) is 54.6 Å². The molecule has 2 aromatic rings. The maximum absolute atomic E-state index is 12.4. The minimum absolute atomic E-state index is 0.0981. The van der Waals surface area contributed by atoms with Crippen LogP contribution in [0.4, 0.5) is 16.2 Å². The topological polar surface area (TPSA) is 88.7 Å². The van der Waals surface area contributed by atoms with Crippen molar-refractivity contribution in [2.24, 2.45) is 0 Å². The van der Waals surface area contributed by atoms with Gasteiger partial charge in [-0.25, -0.2) is 4.79 Å². The molecule has 1 fully saturated rings. The van der Waals surface area contributed by atoms with Crippen LogP contribution in [0, 0.1) is 0 Å². The molecular weight excluding hydrogens is 370 g/mol. The van der Waals surface area contributed by atoms with Crippen LogP contribution in [0.25, 0.3) is 0 Å². The molecule has 2 aromatic carbocycles. The van der Waals surface area contributed by atoms with Crippen LogP contribution in [0.5, 0.6) is 5.75 Å². The highest BCUT2D eigenvalue weighted by molar-refractivity contribution is 6.04. The zero-order valence-electron chi connectivity index (χ0n) is 16.1. The average Bonchev–Trinajstić information content (AvgIpc) is 3.26. The minimum atomic E-state index is -0.281. The molecule has 3 rings (SSSR count). The lowest BCUT2D eigenvalue weighted by atomic mass is 10.2. The fraction of sp³-hybridized carbons (Fsp3) is 0.273. The van der Waals surface area contributed by atoms with E-state index in [0.29, 0.717) is 35.8 Å². The van der Waals surface area contributed by atoms with Crippen LogP contribution < -0.4 is 20.7 Å². The number of carbonyl (C=O) groups is 2. The van der Waals surface area contributed by atoms with Crippen LogP contribution in [-0.2, 0) is 4.74 Å². The predicted molar refractivity (Wildman–Crippen MR) is 113 cm³/mol. The summed E-state index contributed by atoms with van der Waals surface area (Å²) in [7, 11) is 0. The third kappa shape index (κ3) is 6.36. The summed E-state index contributed by atoms with van der Waals surface area (Å²) in [5, 5.41) is 8.38. The van der Waals surface area contributed by atoms with E-state index in [4.69, 9.17) is 9.47 Å². The van der Waals surface area contributed by atoms with E-state index < -0.39 is 0 Å². The summed E-state index contributed by atoms with van der Waals surface area (Å²) >= 11 is 0. The van der Waals surface area contributed by atoms with Crippen molar-refractivity contribution in [2.75, 3.05) is 30.4 Å². The van der Waals surface area contributed by atoms with Crippen molar-refractivity contribution < 1.29 is 19.1 Å². The highest BCUT2D eigenvalue weighted by Crippen LogP contribution is 2.17. The Bertz CT molecular complexity index is 828. The largest absolute Gasteiger partial charge is 0.490 e. The summed E-state index contributed by atoms with van der Waals surface area (Å²) in [5.74, 6) is 0.449. The third-order valence-corrected chi connectivity index (χ3v) is 4.40. The van der Waals surface area contributed by atoms with Gasteiger partial charge in [0.1, 0.15) is 12.4 Å². The SMILES string of the molecule is C=CCOc1ccc(C(=O)Nc2ccc(NC(=O)NCC3CCCO3)cc2)cc1. The number of hydrogen-bond donors (Lipinski definition) is 3. The molecule has 0 saturated carbocycles.